The van der Waals surface area contributed by atoms with Crippen molar-refractivity contribution in [2.45, 2.75) is 17.7 Å². The number of hydrogen-bond acceptors (Lipinski definition) is 6. The molecule has 0 saturated carbocycles. The van der Waals surface area contributed by atoms with Gasteiger partial charge in [0.1, 0.15) is 4.90 Å². The Hall–Kier alpha value is -1.25. The van der Waals surface area contributed by atoms with Gasteiger partial charge in [0, 0.05) is 26.8 Å². The maximum absolute atomic E-state index is 12.0. The number of rotatable bonds is 6. The number of sulfonamides is 1. The monoisotopic (exact) mass is 286 g/mol. The van der Waals surface area contributed by atoms with E-state index >= 15 is 0 Å². The summed E-state index contributed by atoms with van der Waals surface area (Å²) in [5.41, 5.74) is 0. The van der Waals surface area contributed by atoms with Crippen LogP contribution in [0.15, 0.2) is 17.3 Å². The summed E-state index contributed by atoms with van der Waals surface area (Å²) in [5, 5.41) is 2.73. The zero-order valence-electron chi connectivity index (χ0n) is 10.8. The standard InChI is InChI=1S/C11H18N4O3S/c1-12-11-13-6-10(7-14-11)19(16,17)15-4-2-9-3-5-18-8-9/h6-7,9,15H,2-5,8H2,1H3,(H,12,13,14). The number of ether oxygens (including phenoxy) is 1. The molecule has 1 aromatic heterocycles. The van der Waals surface area contributed by atoms with Crippen LogP contribution in [-0.2, 0) is 14.8 Å². The molecule has 2 N–H and O–H groups in total. The van der Waals surface area contributed by atoms with Crippen LogP contribution in [0.1, 0.15) is 12.8 Å². The third kappa shape index (κ3) is 3.85. The lowest BCUT2D eigenvalue weighted by atomic mass is 10.1. The molecule has 1 aliphatic rings. The van der Waals surface area contributed by atoms with Crippen LogP contribution in [-0.4, -0.2) is 45.2 Å². The fourth-order valence-corrected chi connectivity index (χ4v) is 2.81. The number of anilines is 1. The molecular formula is C11H18N4O3S. The zero-order valence-corrected chi connectivity index (χ0v) is 11.6. The molecule has 2 rings (SSSR count). The van der Waals surface area contributed by atoms with Crippen molar-refractivity contribution in [3.05, 3.63) is 12.4 Å². The Bertz CT molecular complexity index is 497. The molecule has 1 atom stereocenters. The molecule has 19 heavy (non-hydrogen) atoms. The van der Waals surface area contributed by atoms with E-state index in [1.807, 2.05) is 0 Å². The normalized spacial score (nSPS) is 19.5. The fraction of sp³-hybridized carbons (Fsp3) is 0.636. The van der Waals surface area contributed by atoms with Gasteiger partial charge >= 0.3 is 0 Å². The Labute approximate surface area is 112 Å². The van der Waals surface area contributed by atoms with E-state index < -0.39 is 10.0 Å². The highest BCUT2D eigenvalue weighted by Crippen LogP contribution is 2.16. The third-order valence-corrected chi connectivity index (χ3v) is 4.45. The van der Waals surface area contributed by atoms with Gasteiger partial charge in [-0.05, 0) is 18.8 Å². The molecule has 0 aliphatic carbocycles. The lowest BCUT2D eigenvalue weighted by molar-refractivity contribution is 0.184. The molecule has 106 valence electrons. The first-order valence-electron chi connectivity index (χ1n) is 6.19. The van der Waals surface area contributed by atoms with Gasteiger partial charge in [0.25, 0.3) is 0 Å². The molecule has 1 unspecified atom stereocenters. The molecule has 0 amide bonds. The van der Waals surface area contributed by atoms with Crippen molar-refractivity contribution in [3.8, 4) is 0 Å². The van der Waals surface area contributed by atoms with Gasteiger partial charge in [-0.15, -0.1) is 0 Å². The molecule has 0 radical (unpaired) electrons. The summed E-state index contributed by atoms with van der Waals surface area (Å²) in [4.78, 5) is 7.85. The maximum atomic E-state index is 12.0. The van der Waals surface area contributed by atoms with E-state index in [4.69, 9.17) is 4.74 Å². The first-order chi connectivity index (χ1) is 9.12. The largest absolute Gasteiger partial charge is 0.381 e. The van der Waals surface area contributed by atoms with Gasteiger partial charge in [-0.3, -0.25) is 0 Å². The third-order valence-electron chi connectivity index (χ3n) is 3.03. The minimum Gasteiger partial charge on any atom is -0.381 e. The van der Waals surface area contributed by atoms with E-state index in [2.05, 4.69) is 20.0 Å². The van der Waals surface area contributed by atoms with E-state index in [1.165, 1.54) is 12.4 Å². The molecule has 1 fully saturated rings. The molecule has 2 heterocycles. The number of hydrogen-bond donors (Lipinski definition) is 2. The summed E-state index contributed by atoms with van der Waals surface area (Å²) in [7, 11) is -1.85. The highest BCUT2D eigenvalue weighted by molar-refractivity contribution is 7.89. The van der Waals surface area contributed by atoms with Crippen molar-refractivity contribution >= 4 is 16.0 Å². The van der Waals surface area contributed by atoms with Crippen LogP contribution in [0.4, 0.5) is 5.95 Å². The number of nitrogens with one attached hydrogen (secondary N) is 2. The van der Waals surface area contributed by atoms with Crippen molar-refractivity contribution in [3.63, 3.8) is 0 Å². The maximum Gasteiger partial charge on any atom is 0.243 e. The molecule has 7 nitrogen and oxygen atoms in total. The van der Waals surface area contributed by atoms with Gasteiger partial charge in [-0.1, -0.05) is 0 Å². The molecule has 0 bridgehead atoms. The average Bonchev–Trinajstić information content (AvgIpc) is 2.92. The minimum atomic E-state index is -3.52. The first-order valence-corrected chi connectivity index (χ1v) is 7.67. The topological polar surface area (TPSA) is 93.2 Å². The Morgan fingerprint density at radius 2 is 2.16 bits per heavy atom. The van der Waals surface area contributed by atoms with E-state index in [0.29, 0.717) is 18.4 Å². The van der Waals surface area contributed by atoms with Crippen molar-refractivity contribution in [2.75, 3.05) is 32.1 Å². The van der Waals surface area contributed by atoms with Crippen LogP contribution in [0.3, 0.4) is 0 Å². The van der Waals surface area contributed by atoms with Gasteiger partial charge in [0.2, 0.25) is 16.0 Å². The van der Waals surface area contributed by atoms with Crippen molar-refractivity contribution in [2.24, 2.45) is 5.92 Å². The second kappa shape index (κ2) is 6.27. The molecular weight excluding hydrogens is 268 g/mol. The van der Waals surface area contributed by atoms with Crippen molar-refractivity contribution < 1.29 is 13.2 Å². The summed E-state index contributed by atoms with van der Waals surface area (Å²) in [6, 6.07) is 0. The summed E-state index contributed by atoms with van der Waals surface area (Å²) < 4.78 is 31.7. The molecule has 1 aliphatic heterocycles. The first kappa shape index (κ1) is 14.2. The van der Waals surface area contributed by atoms with Gasteiger partial charge in [-0.25, -0.2) is 23.1 Å². The number of aromatic nitrogens is 2. The summed E-state index contributed by atoms with van der Waals surface area (Å²) in [5.74, 6) is 0.840. The highest BCUT2D eigenvalue weighted by Gasteiger charge is 2.18. The fourth-order valence-electron chi connectivity index (χ4n) is 1.88. The van der Waals surface area contributed by atoms with Crippen molar-refractivity contribution in [1.82, 2.24) is 14.7 Å². The molecule has 0 spiro atoms. The smallest absolute Gasteiger partial charge is 0.243 e. The zero-order chi connectivity index (χ0) is 13.7. The summed E-state index contributed by atoms with van der Waals surface area (Å²) in [6.07, 6.45) is 4.37. The van der Waals surface area contributed by atoms with E-state index in [1.54, 1.807) is 7.05 Å². The van der Waals surface area contributed by atoms with Gasteiger partial charge in [0.15, 0.2) is 0 Å². The van der Waals surface area contributed by atoms with E-state index in [9.17, 15) is 8.42 Å². The summed E-state index contributed by atoms with van der Waals surface area (Å²) >= 11 is 0. The predicted octanol–water partition coefficient (Wildman–Crippen LogP) is 0.223. The number of nitrogens with zero attached hydrogens (tertiary/aromatic N) is 2. The Morgan fingerprint density at radius 3 is 2.74 bits per heavy atom. The van der Waals surface area contributed by atoms with E-state index in [-0.39, 0.29) is 4.90 Å². The lowest BCUT2D eigenvalue weighted by Gasteiger charge is -2.09. The van der Waals surface area contributed by atoms with Crippen LogP contribution < -0.4 is 10.0 Å². The van der Waals surface area contributed by atoms with Gasteiger partial charge < -0.3 is 10.1 Å². The SMILES string of the molecule is CNc1ncc(S(=O)(=O)NCCC2CCOC2)cn1. The average molecular weight is 286 g/mol. The van der Waals surface area contributed by atoms with Crippen LogP contribution in [0.25, 0.3) is 0 Å². The Kier molecular flexibility index (Phi) is 4.67. The lowest BCUT2D eigenvalue weighted by Crippen LogP contribution is -2.26. The molecule has 8 heteroatoms. The van der Waals surface area contributed by atoms with Gasteiger partial charge in [0.05, 0.1) is 12.4 Å². The van der Waals surface area contributed by atoms with Crippen LogP contribution >= 0.6 is 0 Å². The Balaban J connectivity index is 1.89. The minimum absolute atomic E-state index is 0.0779. The van der Waals surface area contributed by atoms with Crippen molar-refractivity contribution in [1.29, 1.82) is 0 Å². The Morgan fingerprint density at radius 1 is 1.42 bits per heavy atom. The van der Waals surface area contributed by atoms with Crippen LogP contribution in [0.5, 0.6) is 0 Å². The molecule has 1 saturated heterocycles. The quantitative estimate of drug-likeness (QED) is 0.777. The van der Waals surface area contributed by atoms with Gasteiger partial charge in [-0.2, -0.15) is 0 Å². The molecule has 1 aromatic rings. The predicted molar refractivity (Wildman–Crippen MR) is 70.3 cm³/mol. The summed E-state index contributed by atoms with van der Waals surface area (Å²) in [6.45, 7) is 1.91. The molecule has 0 aromatic carbocycles. The van der Waals surface area contributed by atoms with Crippen LogP contribution in [0.2, 0.25) is 0 Å². The second-order valence-corrected chi connectivity index (χ2v) is 6.18. The second-order valence-electron chi connectivity index (χ2n) is 4.41. The highest BCUT2D eigenvalue weighted by atomic mass is 32.2. The van der Waals surface area contributed by atoms with E-state index in [0.717, 1.165) is 26.1 Å². The van der Waals surface area contributed by atoms with Crippen LogP contribution in [0, 0.1) is 5.92 Å².